The van der Waals surface area contributed by atoms with Crippen LogP contribution in [0.1, 0.15) is 55.7 Å². The minimum atomic E-state index is 0.219. The molecule has 1 aliphatic carbocycles. The van der Waals surface area contributed by atoms with Crippen LogP contribution in [-0.4, -0.2) is 6.04 Å². The first-order valence-corrected chi connectivity index (χ1v) is 9.51. The van der Waals surface area contributed by atoms with E-state index in [-0.39, 0.29) is 6.04 Å². The molecule has 130 valence electrons. The van der Waals surface area contributed by atoms with Crippen LogP contribution in [0.2, 0.25) is 0 Å². The maximum absolute atomic E-state index is 3.99. The third-order valence-corrected chi connectivity index (χ3v) is 5.01. The van der Waals surface area contributed by atoms with Crippen LogP contribution in [0.25, 0.3) is 0 Å². The second kappa shape index (κ2) is 9.39. The average molecular weight is 332 g/mol. The Kier molecular flexibility index (Phi) is 6.64. The summed E-state index contributed by atoms with van der Waals surface area (Å²) in [6.45, 7) is 3.99. The lowest BCUT2D eigenvalue weighted by atomic mass is 9.91. The van der Waals surface area contributed by atoms with Crippen LogP contribution in [-0.2, 0) is 0 Å². The van der Waals surface area contributed by atoms with Gasteiger partial charge in [0, 0.05) is 6.04 Å². The van der Waals surface area contributed by atoms with Crippen LogP contribution in [0, 0.1) is 0 Å². The molecule has 1 N–H and O–H groups in total. The van der Waals surface area contributed by atoms with E-state index in [9.17, 15) is 0 Å². The normalized spacial score (nSPS) is 15.6. The van der Waals surface area contributed by atoms with E-state index in [2.05, 4.69) is 78.6 Å². The average Bonchev–Trinajstić information content (AvgIpc) is 2.68. The minimum Gasteiger partial charge on any atom is -0.303 e. The fourth-order valence-electron chi connectivity index (χ4n) is 3.73. The zero-order valence-corrected chi connectivity index (χ0v) is 15.0. The number of benzene rings is 2. The Bertz CT molecular complexity index is 632. The summed E-state index contributed by atoms with van der Waals surface area (Å²) in [6.07, 6.45) is 11.8. The van der Waals surface area contributed by atoms with Crippen LogP contribution in [0.4, 0.5) is 0 Å². The van der Waals surface area contributed by atoms with Gasteiger partial charge in [-0.3, -0.25) is 0 Å². The van der Waals surface area contributed by atoms with Crippen molar-refractivity contribution in [2.75, 3.05) is 0 Å². The molecule has 2 aromatic carbocycles. The molecule has 1 atom stereocenters. The van der Waals surface area contributed by atoms with E-state index in [1.54, 1.807) is 5.57 Å². The summed E-state index contributed by atoms with van der Waals surface area (Å²) >= 11 is 0. The molecule has 1 aliphatic rings. The Morgan fingerprint density at radius 2 is 1.56 bits per heavy atom. The highest BCUT2D eigenvalue weighted by molar-refractivity contribution is 5.32. The van der Waals surface area contributed by atoms with E-state index in [0.717, 1.165) is 12.8 Å². The Balaban J connectivity index is 1.81. The summed E-state index contributed by atoms with van der Waals surface area (Å²) in [7, 11) is 0. The van der Waals surface area contributed by atoms with Crippen molar-refractivity contribution < 1.29 is 0 Å². The van der Waals surface area contributed by atoms with E-state index in [0.29, 0.717) is 6.04 Å². The quantitative estimate of drug-likeness (QED) is 0.568. The number of rotatable bonds is 8. The van der Waals surface area contributed by atoms with Gasteiger partial charge in [0.1, 0.15) is 0 Å². The van der Waals surface area contributed by atoms with E-state index < -0.39 is 0 Å². The highest BCUT2D eigenvalue weighted by Gasteiger charge is 2.19. The van der Waals surface area contributed by atoms with Crippen molar-refractivity contribution in [3.05, 3.63) is 96.1 Å². The van der Waals surface area contributed by atoms with Crippen LogP contribution < -0.4 is 5.32 Å². The molecular weight excluding hydrogens is 302 g/mol. The van der Waals surface area contributed by atoms with Gasteiger partial charge in [0.15, 0.2) is 0 Å². The van der Waals surface area contributed by atoms with Gasteiger partial charge >= 0.3 is 0 Å². The molecule has 0 fully saturated rings. The zero-order chi connectivity index (χ0) is 17.3. The first-order valence-electron chi connectivity index (χ1n) is 9.51. The summed E-state index contributed by atoms with van der Waals surface area (Å²) in [5.41, 5.74) is 4.26. The lowest BCUT2D eigenvalue weighted by Crippen LogP contribution is -2.33. The molecule has 1 nitrogen and oxygen atoms in total. The Labute approximate surface area is 152 Å². The first-order chi connectivity index (χ1) is 12.4. The van der Waals surface area contributed by atoms with Gasteiger partial charge in [-0.1, -0.05) is 78.4 Å². The summed E-state index contributed by atoms with van der Waals surface area (Å²) in [4.78, 5) is 0. The lowest BCUT2D eigenvalue weighted by Gasteiger charge is -2.28. The van der Waals surface area contributed by atoms with Gasteiger partial charge in [0.25, 0.3) is 0 Å². The molecule has 0 saturated carbocycles. The molecule has 2 aromatic rings. The van der Waals surface area contributed by atoms with Crippen molar-refractivity contribution in [2.24, 2.45) is 0 Å². The van der Waals surface area contributed by atoms with Gasteiger partial charge in [0.05, 0.1) is 6.04 Å². The van der Waals surface area contributed by atoms with Gasteiger partial charge in [-0.2, -0.15) is 0 Å². The highest BCUT2D eigenvalue weighted by Crippen LogP contribution is 2.27. The third-order valence-electron chi connectivity index (χ3n) is 5.01. The van der Waals surface area contributed by atoms with Crippen molar-refractivity contribution in [3.8, 4) is 0 Å². The fourth-order valence-corrected chi connectivity index (χ4v) is 3.73. The van der Waals surface area contributed by atoms with Gasteiger partial charge in [-0.05, 0) is 49.7 Å². The fraction of sp³-hybridized carbons (Fsp3) is 0.333. The summed E-state index contributed by atoms with van der Waals surface area (Å²) in [5, 5.41) is 3.92. The Morgan fingerprint density at radius 3 is 2.08 bits per heavy atom. The summed E-state index contributed by atoms with van der Waals surface area (Å²) in [5.74, 6) is 0. The summed E-state index contributed by atoms with van der Waals surface area (Å²) < 4.78 is 0. The van der Waals surface area contributed by atoms with Crippen LogP contribution >= 0.6 is 0 Å². The SMILES string of the molecule is C=CCC(CC1=CCCCC1)NC(c1ccccc1)c1ccccc1. The standard InChI is InChI=1S/C24H29N/c1-2-12-23(19-20-13-6-3-7-14-20)25-24(21-15-8-4-9-16-21)22-17-10-5-11-18-22/h2,4-5,8-11,13,15-18,23-25H,1,3,6-7,12,14,19H2. The van der Waals surface area contributed by atoms with Crippen molar-refractivity contribution in [3.63, 3.8) is 0 Å². The molecule has 3 rings (SSSR count). The Morgan fingerprint density at radius 1 is 0.920 bits per heavy atom. The predicted octanol–water partition coefficient (Wildman–Crippen LogP) is 6.20. The van der Waals surface area contributed by atoms with Gasteiger partial charge < -0.3 is 5.32 Å². The second-order valence-corrected chi connectivity index (χ2v) is 6.95. The number of nitrogens with one attached hydrogen (secondary N) is 1. The van der Waals surface area contributed by atoms with Crippen LogP contribution in [0.3, 0.4) is 0 Å². The monoisotopic (exact) mass is 331 g/mol. The molecule has 0 aliphatic heterocycles. The lowest BCUT2D eigenvalue weighted by molar-refractivity contribution is 0.459. The molecule has 0 heterocycles. The topological polar surface area (TPSA) is 12.0 Å². The van der Waals surface area contributed by atoms with Crippen molar-refractivity contribution in [1.29, 1.82) is 0 Å². The summed E-state index contributed by atoms with van der Waals surface area (Å²) in [6, 6.07) is 22.2. The van der Waals surface area contributed by atoms with E-state index >= 15 is 0 Å². The maximum Gasteiger partial charge on any atom is 0.0579 e. The van der Waals surface area contributed by atoms with E-state index in [1.165, 1.54) is 36.8 Å². The highest BCUT2D eigenvalue weighted by atomic mass is 14.9. The zero-order valence-electron chi connectivity index (χ0n) is 15.0. The molecule has 0 amide bonds. The minimum absolute atomic E-state index is 0.219. The molecule has 1 heteroatoms. The largest absolute Gasteiger partial charge is 0.303 e. The molecule has 0 aromatic heterocycles. The van der Waals surface area contributed by atoms with Crippen LogP contribution in [0.5, 0.6) is 0 Å². The second-order valence-electron chi connectivity index (χ2n) is 6.95. The number of hydrogen-bond donors (Lipinski definition) is 1. The van der Waals surface area contributed by atoms with Gasteiger partial charge in [-0.25, -0.2) is 0 Å². The van der Waals surface area contributed by atoms with E-state index in [4.69, 9.17) is 0 Å². The third kappa shape index (κ3) is 5.17. The smallest absolute Gasteiger partial charge is 0.0579 e. The molecular formula is C24H29N. The van der Waals surface area contributed by atoms with Gasteiger partial charge in [0.2, 0.25) is 0 Å². The number of hydrogen-bond acceptors (Lipinski definition) is 1. The molecule has 25 heavy (non-hydrogen) atoms. The maximum atomic E-state index is 3.99. The molecule has 0 radical (unpaired) electrons. The van der Waals surface area contributed by atoms with Crippen molar-refractivity contribution in [1.82, 2.24) is 5.32 Å². The Hall–Kier alpha value is -2.12. The van der Waals surface area contributed by atoms with Crippen molar-refractivity contribution in [2.45, 2.75) is 50.6 Å². The van der Waals surface area contributed by atoms with Crippen molar-refractivity contribution >= 4 is 0 Å². The first kappa shape index (κ1) is 17.7. The van der Waals surface area contributed by atoms with Crippen LogP contribution in [0.15, 0.2) is 85.0 Å². The van der Waals surface area contributed by atoms with E-state index in [1.807, 2.05) is 6.08 Å². The predicted molar refractivity (Wildman–Crippen MR) is 108 cm³/mol. The molecule has 1 unspecified atom stereocenters. The molecule has 0 bridgehead atoms. The van der Waals surface area contributed by atoms with Gasteiger partial charge in [-0.15, -0.1) is 6.58 Å². The molecule has 0 saturated heterocycles. The molecule has 0 spiro atoms. The number of allylic oxidation sites excluding steroid dienone is 1.